The number of likely N-dealkylation sites (N-methyl/N-ethyl adjacent to an activating group) is 1. The van der Waals surface area contributed by atoms with E-state index in [0.717, 1.165) is 22.0 Å². The van der Waals surface area contributed by atoms with Crippen molar-refractivity contribution in [3.8, 4) is 11.3 Å². The monoisotopic (exact) mass is 389 g/mol. The van der Waals surface area contributed by atoms with E-state index in [1.54, 1.807) is 42.2 Å². The normalized spacial score (nSPS) is 17.1. The number of para-hydroxylation sites is 1. The van der Waals surface area contributed by atoms with Gasteiger partial charge in [0.25, 0.3) is 5.91 Å². The van der Waals surface area contributed by atoms with Crippen LogP contribution >= 0.6 is 0 Å². The quantitative estimate of drug-likeness (QED) is 0.673. The molecule has 2 amide bonds. The molecule has 1 aliphatic rings. The van der Waals surface area contributed by atoms with E-state index in [1.807, 2.05) is 32.0 Å². The molecule has 0 unspecified atom stereocenters. The van der Waals surface area contributed by atoms with Crippen LogP contribution in [0.3, 0.4) is 0 Å². The molecule has 29 heavy (non-hydrogen) atoms. The lowest BCUT2D eigenvalue weighted by Gasteiger charge is -2.37. The number of piperazine rings is 1. The second-order valence-electron chi connectivity index (χ2n) is 7.48. The SMILES string of the molecule is Cc1ncc(-c2cc(C(=O)N3CCN(C)C(=O)[C@@H]3C)c3cccc(C)c3n2)cn1. The van der Waals surface area contributed by atoms with Crippen LogP contribution in [0.25, 0.3) is 22.2 Å². The first kappa shape index (κ1) is 19.0. The Morgan fingerprint density at radius 1 is 1.14 bits per heavy atom. The Bertz CT molecular complexity index is 1110. The van der Waals surface area contributed by atoms with Crippen molar-refractivity contribution in [2.24, 2.45) is 0 Å². The van der Waals surface area contributed by atoms with E-state index in [4.69, 9.17) is 4.98 Å². The van der Waals surface area contributed by atoms with Gasteiger partial charge >= 0.3 is 0 Å². The zero-order valence-corrected chi connectivity index (χ0v) is 17.0. The number of carbonyl (C=O) groups excluding carboxylic acids is 2. The largest absolute Gasteiger partial charge is 0.342 e. The van der Waals surface area contributed by atoms with Crippen LogP contribution in [0.1, 0.15) is 28.7 Å². The lowest BCUT2D eigenvalue weighted by Crippen LogP contribution is -2.56. The highest BCUT2D eigenvalue weighted by Gasteiger charge is 2.33. The van der Waals surface area contributed by atoms with Crippen molar-refractivity contribution in [3.05, 3.63) is 53.6 Å². The Morgan fingerprint density at radius 2 is 1.86 bits per heavy atom. The fraction of sp³-hybridized carbons (Fsp3) is 0.318. The van der Waals surface area contributed by atoms with Gasteiger partial charge in [0.2, 0.25) is 5.91 Å². The summed E-state index contributed by atoms with van der Waals surface area (Å²) in [5, 5.41) is 0.783. The molecule has 3 heterocycles. The van der Waals surface area contributed by atoms with Crippen LogP contribution in [-0.2, 0) is 4.79 Å². The first-order chi connectivity index (χ1) is 13.9. The van der Waals surface area contributed by atoms with Gasteiger partial charge in [-0.1, -0.05) is 18.2 Å². The van der Waals surface area contributed by atoms with Gasteiger partial charge in [-0.15, -0.1) is 0 Å². The van der Waals surface area contributed by atoms with Crippen LogP contribution in [0.15, 0.2) is 36.7 Å². The van der Waals surface area contributed by atoms with Gasteiger partial charge in [-0.3, -0.25) is 9.59 Å². The van der Waals surface area contributed by atoms with Gasteiger partial charge in [-0.2, -0.15) is 0 Å². The molecule has 0 N–H and O–H groups in total. The third kappa shape index (κ3) is 3.33. The molecule has 1 atom stereocenters. The van der Waals surface area contributed by atoms with Crippen LogP contribution < -0.4 is 0 Å². The first-order valence-corrected chi connectivity index (χ1v) is 9.62. The Balaban J connectivity index is 1.86. The highest BCUT2D eigenvalue weighted by Crippen LogP contribution is 2.28. The van der Waals surface area contributed by atoms with Gasteiger partial charge in [0.15, 0.2) is 0 Å². The van der Waals surface area contributed by atoms with Gasteiger partial charge in [-0.05, 0) is 32.4 Å². The zero-order valence-electron chi connectivity index (χ0n) is 17.0. The van der Waals surface area contributed by atoms with E-state index in [2.05, 4.69) is 9.97 Å². The third-order valence-corrected chi connectivity index (χ3v) is 5.49. The molecule has 0 aliphatic carbocycles. The van der Waals surface area contributed by atoms with Gasteiger partial charge in [0, 0.05) is 43.5 Å². The van der Waals surface area contributed by atoms with E-state index < -0.39 is 6.04 Å². The van der Waals surface area contributed by atoms with Gasteiger partial charge in [0.05, 0.1) is 16.8 Å². The molecule has 3 aromatic rings. The molecule has 0 spiro atoms. The summed E-state index contributed by atoms with van der Waals surface area (Å²) in [6.45, 7) is 6.60. The minimum absolute atomic E-state index is 0.0497. The summed E-state index contributed by atoms with van der Waals surface area (Å²) < 4.78 is 0. The van der Waals surface area contributed by atoms with E-state index in [-0.39, 0.29) is 11.8 Å². The molecule has 4 rings (SSSR count). The number of carbonyl (C=O) groups is 2. The second kappa shape index (κ2) is 7.24. The minimum atomic E-state index is -0.500. The van der Waals surface area contributed by atoms with E-state index in [9.17, 15) is 9.59 Å². The summed E-state index contributed by atoms with van der Waals surface area (Å²) in [5.74, 6) is 0.462. The van der Waals surface area contributed by atoms with Crippen molar-refractivity contribution in [1.29, 1.82) is 0 Å². The first-order valence-electron chi connectivity index (χ1n) is 9.62. The maximum Gasteiger partial charge on any atom is 0.255 e. The smallest absolute Gasteiger partial charge is 0.255 e. The van der Waals surface area contributed by atoms with Crippen LogP contribution in [-0.4, -0.2) is 62.7 Å². The number of hydrogen-bond acceptors (Lipinski definition) is 5. The van der Waals surface area contributed by atoms with Crippen LogP contribution in [0.5, 0.6) is 0 Å². The molecule has 148 valence electrons. The van der Waals surface area contributed by atoms with Crippen LogP contribution in [0.4, 0.5) is 0 Å². The number of pyridine rings is 1. The number of nitrogens with zero attached hydrogens (tertiary/aromatic N) is 5. The Hall–Kier alpha value is -3.35. The molecule has 1 saturated heterocycles. The standard InChI is InChI=1S/C22H23N5O2/c1-13-6-5-7-17-18(22(29)27-9-8-26(4)21(28)14(27)2)10-19(25-20(13)17)16-11-23-15(3)24-12-16/h5-7,10-12,14H,8-9H2,1-4H3/t14-/m0/s1. The number of aromatic nitrogens is 3. The minimum Gasteiger partial charge on any atom is -0.342 e. The Kier molecular flexibility index (Phi) is 4.74. The van der Waals surface area contributed by atoms with Crippen LogP contribution in [0, 0.1) is 13.8 Å². The molecule has 2 aromatic heterocycles. The maximum absolute atomic E-state index is 13.5. The summed E-state index contributed by atoms with van der Waals surface area (Å²) in [4.78, 5) is 42.5. The van der Waals surface area contributed by atoms with Gasteiger partial charge in [0.1, 0.15) is 11.9 Å². The molecular formula is C22H23N5O2. The molecule has 0 radical (unpaired) electrons. The molecular weight excluding hydrogens is 366 g/mol. The van der Waals surface area contributed by atoms with E-state index >= 15 is 0 Å². The highest BCUT2D eigenvalue weighted by atomic mass is 16.2. The molecule has 1 aliphatic heterocycles. The van der Waals surface area contributed by atoms with Gasteiger partial charge < -0.3 is 9.80 Å². The molecule has 0 saturated carbocycles. The summed E-state index contributed by atoms with van der Waals surface area (Å²) in [5.41, 5.74) is 3.68. The van der Waals surface area contributed by atoms with E-state index in [0.29, 0.717) is 30.2 Å². The van der Waals surface area contributed by atoms with Crippen LogP contribution in [0.2, 0.25) is 0 Å². The van der Waals surface area contributed by atoms with Crippen molar-refractivity contribution in [3.63, 3.8) is 0 Å². The number of fused-ring (bicyclic) bond motifs is 1. The fourth-order valence-corrected chi connectivity index (χ4v) is 3.69. The van der Waals surface area contributed by atoms with Crippen molar-refractivity contribution < 1.29 is 9.59 Å². The Morgan fingerprint density at radius 3 is 2.59 bits per heavy atom. The Labute approximate surface area is 169 Å². The lowest BCUT2D eigenvalue weighted by molar-refractivity contribution is -0.137. The lowest BCUT2D eigenvalue weighted by atomic mass is 10.0. The van der Waals surface area contributed by atoms with Crippen molar-refractivity contribution >= 4 is 22.7 Å². The second-order valence-corrected chi connectivity index (χ2v) is 7.48. The molecule has 1 aromatic carbocycles. The summed E-state index contributed by atoms with van der Waals surface area (Å²) in [6, 6.07) is 7.08. The number of aryl methyl sites for hydroxylation is 2. The topological polar surface area (TPSA) is 79.3 Å². The average molecular weight is 389 g/mol. The predicted octanol–water partition coefficient (Wildman–Crippen LogP) is 2.61. The number of rotatable bonds is 2. The number of hydrogen-bond donors (Lipinski definition) is 0. The van der Waals surface area contributed by atoms with Gasteiger partial charge in [-0.25, -0.2) is 15.0 Å². The van der Waals surface area contributed by atoms with E-state index in [1.165, 1.54) is 0 Å². The number of amides is 2. The summed E-state index contributed by atoms with van der Waals surface area (Å²) in [7, 11) is 1.77. The van der Waals surface area contributed by atoms with Crippen molar-refractivity contribution in [2.75, 3.05) is 20.1 Å². The van der Waals surface area contributed by atoms with Crippen molar-refractivity contribution in [2.45, 2.75) is 26.8 Å². The molecule has 7 heteroatoms. The highest BCUT2D eigenvalue weighted by molar-refractivity contribution is 6.09. The molecule has 0 bridgehead atoms. The fourth-order valence-electron chi connectivity index (χ4n) is 3.69. The van der Waals surface area contributed by atoms with Crippen molar-refractivity contribution in [1.82, 2.24) is 24.8 Å². The predicted molar refractivity (Wildman–Crippen MR) is 110 cm³/mol. The third-order valence-electron chi connectivity index (χ3n) is 5.49. The number of benzene rings is 1. The summed E-state index contributed by atoms with van der Waals surface area (Å²) in [6.07, 6.45) is 3.43. The molecule has 7 nitrogen and oxygen atoms in total. The summed E-state index contributed by atoms with van der Waals surface area (Å²) >= 11 is 0. The average Bonchev–Trinajstić information content (AvgIpc) is 2.72. The zero-order chi connectivity index (χ0) is 20.7. The molecule has 1 fully saturated rings. The maximum atomic E-state index is 13.5.